The molecule has 1 fully saturated rings. The molecule has 0 unspecified atom stereocenters. The SMILES string of the molecule is OC[C@H]1[C@H](I)[C@@H]1c1ccccc1Cl. The first kappa shape index (κ1) is 9.74. The Hall–Kier alpha value is 0.200. The number of hydrogen-bond donors (Lipinski definition) is 1. The Kier molecular flexibility index (Phi) is 2.81. The van der Waals surface area contributed by atoms with E-state index in [1.54, 1.807) is 0 Å². The summed E-state index contributed by atoms with van der Waals surface area (Å²) in [6.45, 7) is 0.267. The Morgan fingerprint density at radius 2 is 2.08 bits per heavy atom. The lowest BCUT2D eigenvalue weighted by Gasteiger charge is -2.00. The van der Waals surface area contributed by atoms with Crippen LogP contribution in [0.25, 0.3) is 0 Å². The number of aliphatic hydroxyl groups excluding tert-OH is 1. The zero-order valence-electron chi connectivity index (χ0n) is 6.95. The van der Waals surface area contributed by atoms with Gasteiger partial charge in [-0.25, -0.2) is 0 Å². The van der Waals surface area contributed by atoms with Crippen LogP contribution in [0, 0.1) is 5.92 Å². The lowest BCUT2D eigenvalue weighted by Crippen LogP contribution is -1.89. The maximum Gasteiger partial charge on any atom is 0.0475 e. The second-order valence-corrected chi connectivity index (χ2v) is 5.18. The summed E-state index contributed by atoms with van der Waals surface area (Å²) in [5, 5.41) is 9.88. The van der Waals surface area contributed by atoms with Crippen molar-refractivity contribution in [1.29, 1.82) is 0 Å². The molecule has 1 aliphatic rings. The first-order valence-electron chi connectivity index (χ1n) is 4.25. The smallest absolute Gasteiger partial charge is 0.0475 e. The van der Waals surface area contributed by atoms with Crippen LogP contribution < -0.4 is 0 Å². The monoisotopic (exact) mass is 308 g/mol. The van der Waals surface area contributed by atoms with Crippen molar-refractivity contribution in [2.75, 3.05) is 6.61 Å². The highest BCUT2D eigenvalue weighted by Gasteiger charge is 2.49. The second-order valence-electron chi connectivity index (χ2n) is 3.34. The molecule has 3 heteroatoms. The van der Waals surface area contributed by atoms with Crippen LogP contribution in [0.4, 0.5) is 0 Å². The van der Waals surface area contributed by atoms with E-state index < -0.39 is 0 Å². The van der Waals surface area contributed by atoms with Crippen LogP contribution in [0.15, 0.2) is 24.3 Å². The van der Waals surface area contributed by atoms with Crippen LogP contribution >= 0.6 is 34.2 Å². The van der Waals surface area contributed by atoms with Crippen LogP contribution in [-0.2, 0) is 0 Å². The Morgan fingerprint density at radius 1 is 1.38 bits per heavy atom. The van der Waals surface area contributed by atoms with Crippen LogP contribution in [0.1, 0.15) is 11.5 Å². The molecule has 0 saturated heterocycles. The molecular formula is C10H10ClIO. The third kappa shape index (κ3) is 1.72. The fraction of sp³-hybridized carbons (Fsp3) is 0.400. The number of halogens is 2. The molecule has 0 heterocycles. The van der Waals surface area contributed by atoms with Crippen molar-refractivity contribution >= 4 is 34.2 Å². The minimum absolute atomic E-state index is 0.267. The van der Waals surface area contributed by atoms with Gasteiger partial charge in [0.05, 0.1) is 0 Å². The molecule has 0 aromatic heterocycles. The first-order chi connectivity index (χ1) is 6.25. The summed E-state index contributed by atoms with van der Waals surface area (Å²) in [5.41, 5.74) is 1.18. The van der Waals surface area contributed by atoms with Gasteiger partial charge in [-0.3, -0.25) is 0 Å². The number of hydrogen-bond acceptors (Lipinski definition) is 1. The van der Waals surface area contributed by atoms with E-state index >= 15 is 0 Å². The molecule has 1 N–H and O–H groups in total. The molecule has 1 saturated carbocycles. The van der Waals surface area contributed by atoms with E-state index in [0.717, 1.165) is 5.02 Å². The van der Waals surface area contributed by atoms with Crippen molar-refractivity contribution in [3.05, 3.63) is 34.9 Å². The van der Waals surface area contributed by atoms with Gasteiger partial charge in [0.15, 0.2) is 0 Å². The summed E-state index contributed by atoms with van der Waals surface area (Å²) in [6.07, 6.45) is 0. The standard InChI is InChI=1S/C10H10ClIO/c11-8-4-2-1-3-6(8)9-7(5-13)10(9)12/h1-4,7,9-10,13H,5H2/t7-,9-,10+/m1/s1. The summed E-state index contributed by atoms with van der Waals surface area (Å²) >= 11 is 8.44. The highest BCUT2D eigenvalue weighted by molar-refractivity contribution is 14.1. The van der Waals surface area contributed by atoms with Crippen molar-refractivity contribution in [3.63, 3.8) is 0 Å². The van der Waals surface area contributed by atoms with Gasteiger partial charge < -0.3 is 5.11 Å². The fourth-order valence-electron chi connectivity index (χ4n) is 1.69. The number of alkyl halides is 1. The second kappa shape index (κ2) is 3.75. The lowest BCUT2D eigenvalue weighted by molar-refractivity contribution is 0.275. The van der Waals surface area contributed by atoms with E-state index in [1.165, 1.54) is 5.56 Å². The van der Waals surface area contributed by atoms with Crippen molar-refractivity contribution in [2.24, 2.45) is 5.92 Å². The molecule has 70 valence electrons. The number of benzene rings is 1. The molecule has 2 rings (SSSR count). The summed E-state index contributed by atoms with van der Waals surface area (Å²) in [5.74, 6) is 0.861. The third-order valence-corrected chi connectivity index (χ3v) is 4.59. The molecule has 0 bridgehead atoms. The van der Waals surface area contributed by atoms with E-state index in [2.05, 4.69) is 22.6 Å². The lowest BCUT2D eigenvalue weighted by atomic mass is 10.1. The molecule has 0 amide bonds. The van der Waals surface area contributed by atoms with E-state index in [0.29, 0.717) is 15.8 Å². The van der Waals surface area contributed by atoms with E-state index in [4.69, 9.17) is 16.7 Å². The molecule has 1 aromatic carbocycles. The predicted molar refractivity (Wildman–Crippen MR) is 62.6 cm³/mol. The quantitative estimate of drug-likeness (QED) is 0.658. The minimum atomic E-state index is 0.267. The number of aliphatic hydroxyl groups is 1. The number of rotatable bonds is 2. The van der Waals surface area contributed by atoms with E-state index in [1.807, 2.05) is 24.3 Å². The molecule has 13 heavy (non-hydrogen) atoms. The molecule has 3 atom stereocenters. The molecule has 0 radical (unpaired) electrons. The van der Waals surface area contributed by atoms with Crippen molar-refractivity contribution in [1.82, 2.24) is 0 Å². The van der Waals surface area contributed by atoms with E-state index in [-0.39, 0.29) is 6.61 Å². The van der Waals surface area contributed by atoms with Gasteiger partial charge in [-0.2, -0.15) is 0 Å². The summed E-state index contributed by atoms with van der Waals surface area (Å²) in [7, 11) is 0. The zero-order valence-corrected chi connectivity index (χ0v) is 9.87. The largest absolute Gasteiger partial charge is 0.396 e. The Labute approximate surface area is 96.2 Å². The molecule has 1 nitrogen and oxygen atoms in total. The van der Waals surface area contributed by atoms with Crippen molar-refractivity contribution in [3.8, 4) is 0 Å². The molecule has 1 aromatic rings. The Bertz CT molecular complexity index is 316. The highest BCUT2D eigenvalue weighted by Crippen LogP contribution is 2.54. The zero-order chi connectivity index (χ0) is 9.42. The Balaban J connectivity index is 2.24. The van der Waals surface area contributed by atoms with Crippen molar-refractivity contribution in [2.45, 2.75) is 9.84 Å². The minimum Gasteiger partial charge on any atom is -0.396 e. The van der Waals surface area contributed by atoms with Gasteiger partial charge in [0.2, 0.25) is 0 Å². The van der Waals surface area contributed by atoms with Gasteiger partial charge in [-0.1, -0.05) is 52.4 Å². The average Bonchev–Trinajstić information content (AvgIpc) is 2.77. The molecule has 0 spiro atoms. The molecule has 0 aliphatic heterocycles. The third-order valence-electron chi connectivity index (χ3n) is 2.55. The van der Waals surface area contributed by atoms with Gasteiger partial charge in [-0.15, -0.1) is 0 Å². The van der Waals surface area contributed by atoms with Crippen LogP contribution in [0.5, 0.6) is 0 Å². The van der Waals surface area contributed by atoms with Gasteiger partial charge in [0.1, 0.15) is 0 Å². The molecular weight excluding hydrogens is 298 g/mol. The van der Waals surface area contributed by atoms with Gasteiger partial charge in [0, 0.05) is 27.4 Å². The maximum absolute atomic E-state index is 9.05. The maximum atomic E-state index is 9.05. The normalized spacial score (nSPS) is 31.8. The van der Waals surface area contributed by atoms with Crippen LogP contribution in [0.3, 0.4) is 0 Å². The van der Waals surface area contributed by atoms with Crippen LogP contribution in [0.2, 0.25) is 5.02 Å². The van der Waals surface area contributed by atoms with Gasteiger partial charge >= 0.3 is 0 Å². The van der Waals surface area contributed by atoms with Crippen LogP contribution in [-0.4, -0.2) is 15.6 Å². The Morgan fingerprint density at radius 3 is 2.62 bits per heavy atom. The molecule has 1 aliphatic carbocycles. The fourth-order valence-corrected chi connectivity index (χ4v) is 3.31. The van der Waals surface area contributed by atoms with Crippen molar-refractivity contribution < 1.29 is 5.11 Å². The average molecular weight is 309 g/mol. The first-order valence-corrected chi connectivity index (χ1v) is 5.87. The summed E-state index contributed by atoms with van der Waals surface area (Å²) in [4.78, 5) is 0. The summed E-state index contributed by atoms with van der Waals surface area (Å²) < 4.78 is 0.544. The topological polar surface area (TPSA) is 20.2 Å². The predicted octanol–water partition coefficient (Wildman–Crippen LogP) is 2.85. The highest BCUT2D eigenvalue weighted by atomic mass is 127. The van der Waals surface area contributed by atoms with Gasteiger partial charge in [-0.05, 0) is 11.6 Å². The van der Waals surface area contributed by atoms with E-state index in [9.17, 15) is 0 Å². The van der Waals surface area contributed by atoms with Gasteiger partial charge in [0.25, 0.3) is 0 Å². The summed E-state index contributed by atoms with van der Waals surface area (Å²) in [6, 6.07) is 7.89.